The molecule has 0 aromatic heterocycles. The monoisotopic (exact) mass is 385 g/mol. The summed E-state index contributed by atoms with van der Waals surface area (Å²) in [6.45, 7) is -0.394. The second kappa shape index (κ2) is 8.02. The quantitative estimate of drug-likeness (QED) is 0.396. The summed E-state index contributed by atoms with van der Waals surface area (Å²) in [4.78, 5) is 25.2. The number of methoxy groups -OCH3 is 1. The first-order valence-corrected chi connectivity index (χ1v) is 9.18. The minimum absolute atomic E-state index is 0.394. The number of para-hydroxylation sites is 2. The number of hydrogen-bond donors (Lipinski definition) is 1. The Labute approximate surface area is 167 Å². The average Bonchev–Trinajstić information content (AvgIpc) is 2.76. The van der Waals surface area contributed by atoms with Crippen molar-refractivity contribution in [2.75, 3.05) is 19.0 Å². The van der Waals surface area contributed by atoms with Crippen molar-refractivity contribution >= 4 is 39.1 Å². The number of anilines is 1. The summed E-state index contributed by atoms with van der Waals surface area (Å²) in [7, 11) is 1.52. The number of hydrogen-bond acceptors (Lipinski definition) is 4. The van der Waals surface area contributed by atoms with E-state index in [0.29, 0.717) is 17.0 Å². The van der Waals surface area contributed by atoms with E-state index in [4.69, 9.17) is 9.47 Å². The van der Waals surface area contributed by atoms with E-state index in [1.54, 1.807) is 24.3 Å². The van der Waals surface area contributed by atoms with Crippen molar-refractivity contribution in [3.8, 4) is 5.75 Å². The lowest BCUT2D eigenvalue weighted by Gasteiger charge is -2.12. The molecule has 5 heteroatoms. The van der Waals surface area contributed by atoms with Crippen LogP contribution in [0.4, 0.5) is 5.69 Å². The van der Waals surface area contributed by atoms with Crippen molar-refractivity contribution < 1.29 is 19.1 Å². The number of carbonyl (C=O) groups excluding carboxylic acids is 2. The smallest absolute Gasteiger partial charge is 0.339 e. The van der Waals surface area contributed by atoms with Gasteiger partial charge in [-0.1, -0.05) is 60.7 Å². The predicted octanol–water partition coefficient (Wildman–Crippen LogP) is 4.80. The molecule has 0 aliphatic carbocycles. The number of carbonyl (C=O) groups is 2. The Kier molecular flexibility index (Phi) is 5.12. The lowest BCUT2D eigenvalue weighted by Crippen LogP contribution is -2.21. The van der Waals surface area contributed by atoms with Crippen LogP contribution in [-0.2, 0) is 9.53 Å². The lowest BCUT2D eigenvalue weighted by atomic mass is 9.97. The summed E-state index contributed by atoms with van der Waals surface area (Å²) in [6, 6.07) is 24.4. The number of rotatable bonds is 5. The number of ether oxygens (including phenoxy) is 2. The molecule has 0 radical (unpaired) electrons. The van der Waals surface area contributed by atoms with E-state index in [9.17, 15) is 9.59 Å². The van der Waals surface area contributed by atoms with E-state index in [2.05, 4.69) is 5.32 Å². The van der Waals surface area contributed by atoms with Crippen LogP contribution in [0.25, 0.3) is 21.5 Å². The Morgan fingerprint density at radius 3 is 2.07 bits per heavy atom. The van der Waals surface area contributed by atoms with E-state index >= 15 is 0 Å². The maximum Gasteiger partial charge on any atom is 0.339 e. The molecule has 0 heterocycles. The van der Waals surface area contributed by atoms with Crippen LogP contribution in [0.1, 0.15) is 10.4 Å². The van der Waals surface area contributed by atoms with Crippen LogP contribution in [0.2, 0.25) is 0 Å². The Balaban J connectivity index is 1.58. The third kappa shape index (κ3) is 3.75. The Morgan fingerprint density at radius 1 is 0.828 bits per heavy atom. The van der Waals surface area contributed by atoms with Gasteiger partial charge in [-0.2, -0.15) is 0 Å². The molecular formula is C24H19NO4. The number of benzene rings is 4. The summed E-state index contributed by atoms with van der Waals surface area (Å²) in [6.07, 6.45) is 0. The molecule has 0 saturated carbocycles. The molecule has 0 unspecified atom stereocenters. The van der Waals surface area contributed by atoms with E-state index in [1.807, 2.05) is 54.6 Å². The molecule has 5 nitrogen and oxygen atoms in total. The SMILES string of the molecule is COc1ccccc1NC(=O)COC(=O)c1c2ccccc2cc2ccccc12. The molecule has 1 N–H and O–H groups in total. The molecule has 144 valence electrons. The summed E-state index contributed by atoms with van der Waals surface area (Å²) in [5.74, 6) is -0.437. The number of fused-ring (bicyclic) bond motifs is 2. The largest absolute Gasteiger partial charge is 0.495 e. The van der Waals surface area contributed by atoms with E-state index in [0.717, 1.165) is 21.5 Å². The van der Waals surface area contributed by atoms with Crippen LogP contribution in [0, 0.1) is 0 Å². The third-order valence-electron chi connectivity index (χ3n) is 4.69. The highest BCUT2D eigenvalue weighted by Gasteiger charge is 2.18. The lowest BCUT2D eigenvalue weighted by molar-refractivity contribution is -0.119. The molecule has 29 heavy (non-hydrogen) atoms. The molecular weight excluding hydrogens is 366 g/mol. The zero-order valence-electron chi connectivity index (χ0n) is 15.8. The number of esters is 1. The van der Waals surface area contributed by atoms with Crippen molar-refractivity contribution in [3.63, 3.8) is 0 Å². The molecule has 0 saturated heterocycles. The fourth-order valence-electron chi connectivity index (χ4n) is 3.37. The van der Waals surface area contributed by atoms with Gasteiger partial charge in [-0.25, -0.2) is 4.79 Å². The van der Waals surface area contributed by atoms with Gasteiger partial charge in [0.25, 0.3) is 5.91 Å². The van der Waals surface area contributed by atoms with Gasteiger partial charge in [-0.15, -0.1) is 0 Å². The highest BCUT2D eigenvalue weighted by molar-refractivity contribution is 6.16. The highest BCUT2D eigenvalue weighted by Crippen LogP contribution is 2.29. The summed E-state index contributed by atoms with van der Waals surface area (Å²) in [5, 5.41) is 6.17. The van der Waals surface area contributed by atoms with Crippen molar-refractivity contribution in [3.05, 3.63) is 84.4 Å². The molecule has 4 aromatic carbocycles. The minimum Gasteiger partial charge on any atom is -0.495 e. The van der Waals surface area contributed by atoms with Crippen LogP contribution < -0.4 is 10.1 Å². The zero-order valence-corrected chi connectivity index (χ0v) is 15.8. The van der Waals surface area contributed by atoms with E-state index in [-0.39, 0.29) is 0 Å². The molecule has 1 amide bonds. The highest BCUT2D eigenvalue weighted by atomic mass is 16.5. The summed E-state index contributed by atoms with van der Waals surface area (Å²) >= 11 is 0. The van der Waals surface area contributed by atoms with Crippen molar-refractivity contribution in [2.24, 2.45) is 0 Å². The Bertz CT molecular complexity index is 1160. The van der Waals surface area contributed by atoms with Gasteiger partial charge in [0.2, 0.25) is 0 Å². The number of amides is 1. The fourth-order valence-corrected chi connectivity index (χ4v) is 3.37. The molecule has 0 bridgehead atoms. The zero-order chi connectivity index (χ0) is 20.2. The minimum atomic E-state index is -0.534. The topological polar surface area (TPSA) is 64.6 Å². The van der Waals surface area contributed by atoms with Crippen LogP contribution in [0.5, 0.6) is 5.75 Å². The Hall–Kier alpha value is -3.86. The molecule has 0 aliphatic heterocycles. The van der Waals surface area contributed by atoms with Gasteiger partial charge >= 0.3 is 5.97 Å². The normalized spacial score (nSPS) is 10.7. The van der Waals surface area contributed by atoms with Crippen LogP contribution >= 0.6 is 0 Å². The summed E-state index contributed by atoms with van der Waals surface area (Å²) < 4.78 is 10.6. The number of nitrogens with one attached hydrogen (secondary N) is 1. The maximum atomic E-state index is 12.9. The van der Waals surface area contributed by atoms with E-state index in [1.165, 1.54) is 7.11 Å². The summed E-state index contributed by atoms with van der Waals surface area (Å²) in [5.41, 5.74) is 0.982. The molecule has 4 aromatic rings. The first-order chi connectivity index (χ1) is 14.2. The molecule has 0 aliphatic rings. The predicted molar refractivity (Wildman–Crippen MR) is 113 cm³/mol. The molecule has 4 rings (SSSR count). The van der Waals surface area contributed by atoms with Gasteiger partial charge in [0, 0.05) is 0 Å². The van der Waals surface area contributed by atoms with Crippen molar-refractivity contribution in [2.45, 2.75) is 0 Å². The molecule has 0 spiro atoms. The first kappa shape index (κ1) is 18.5. The fraction of sp³-hybridized carbons (Fsp3) is 0.0833. The molecule has 0 fully saturated rings. The van der Waals surface area contributed by atoms with Gasteiger partial charge < -0.3 is 14.8 Å². The van der Waals surface area contributed by atoms with Gasteiger partial charge in [0.15, 0.2) is 6.61 Å². The molecule has 0 atom stereocenters. The van der Waals surface area contributed by atoms with Gasteiger partial charge in [-0.05, 0) is 39.7 Å². The van der Waals surface area contributed by atoms with Crippen LogP contribution in [0.3, 0.4) is 0 Å². The van der Waals surface area contributed by atoms with E-state index < -0.39 is 18.5 Å². The van der Waals surface area contributed by atoms with Gasteiger partial charge in [0.1, 0.15) is 5.75 Å². The van der Waals surface area contributed by atoms with Crippen LogP contribution in [0.15, 0.2) is 78.9 Å². The van der Waals surface area contributed by atoms with Crippen molar-refractivity contribution in [1.29, 1.82) is 0 Å². The average molecular weight is 385 g/mol. The standard InChI is InChI=1S/C24H19NO4/c1-28-21-13-7-6-12-20(21)25-22(26)15-29-24(27)23-18-10-4-2-8-16(18)14-17-9-3-5-11-19(17)23/h2-14H,15H2,1H3,(H,25,26). The first-order valence-electron chi connectivity index (χ1n) is 9.18. The second-order valence-corrected chi connectivity index (χ2v) is 6.52. The van der Waals surface area contributed by atoms with Gasteiger partial charge in [-0.3, -0.25) is 4.79 Å². The Morgan fingerprint density at radius 2 is 1.41 bits per heavy atom. The van der Waals surface area contributed by atoms with Crippen molar-refractivity contribution in [1.82, 2.24) is 0 Å². The van der Waals surface area contributed by atoms with Crippen LogP contribution in [-0.4, -0.2) is 25.6 Å². The maximum absolute atomic E-state index is 12.9. The second-order valence-electron chi connectivity index (χ2n) is 6.52. The van der Waals surface area contributed by atoms with Gasteiger partial charge in [0.05, 0.1) is 18.4 Å². The third-order valence-corrected chi connectivity index (χ3v) is 4.69.